The second kappa shape index (κ2) is 3.58. The Morgan fingerprint density at radius 1 is 1.58 bits per heavy atom. The minimum Gasteiger partial charge on any atom is -0.496 e. The van der Waals surface area contributed by atoms with E-state index in [1.807, 2.05) is 0 Å². The summed E-state index contributed by atoms with van der Waals surface area (Å²) >= 11 is 3.17. The van der Waals surface area contributed by atoms with Crippen LogP contribution < -0.4 is 4.74 Å². The molecule has 1 N–H and O–H groups in total. The average Bonchev–Trinajstić information content (AvgIpc) is 2.04. The van der Waals surface area contributed by atoms with Gasteiger partial charge in [0.2, 0.25) is 0 Å². The van der Waals surface area contributed by atoms with Crippen molar-refractivity contribution in [3.05, 3.63) is 28.2 Å². The van der Waals surface area contributed by atoms with Crippen LogP contribution in [-0.2, 0) is 0 Å². The fraction of sp³-hybridized carbons (Fsp3) is 0.125. The lowest BCUT2D eigenvalue weighted by Crippen LogP contribution is -1.99. The van der Waals surface area contributed by atoms with Crippen LogP contribution in [0.4, 0.5) is 0 Å². The summed E-state index contributed by atoms with van der Waals surface area (Å²) in [6.45, 7) is 0. The first kappa shape index (κ1) is 9.06. The molecule has 0 saturated heterocycles. The van der Waals surface area contributed by atoms with Crippen LogP contribution in [0, 0.1) is 0 Å². The van der Waals surface area contributed by atoms with Gasteiger partial charge < -0.3 is 9.84 Å². The monoisotopic (exact) mass is 232 g/mol. The Balaban J connectivity index is 3.21. The van der Waals surface area contributed by atoms with Crippen molar-refractivity contribution < 1.29 is 14.6 Å². The molecule has 12 heavy (non-hydrogen) atoms. The summed E-state index contributed by atoms with van der Waals surface area (Å²) in [5.41, 5.74) is 0.159. The van der Waals surface area contributed by atoms with Crippen LogP contribution in [0.2, 0.25) is 0 Å². The van der Waals surface area contributed by atoms with Gasteiger partial charge in [0.25, 0.3) is 0 Å². The molecule has 0 aliphatic rings. The van der Waals surface area contributed by atoms with E-state index in [1.165, 1.54) is 13.2 Å². The lowest BCUT2D eigenvalue weighted by atomic mass is 10.3. The molecule has 0 amide bonds. The van der Waals surface area contributed by atoms with E-state index in [2.05, 4.69) is 15.9 Å². The molecule has 0 fully saturated rings. The number of carbonyl (C=O) groups is 1. The highest BCUT2D eigenvalue weighted by Crippen LogP contribution is 2.22. The van der Waals surface area contributed by atoms with Crippen molar-refractivity contribution in [3.63, 3.8) is 0 Å². The Morgan fingerprint density at radius 2 is 2.25 bits per heavy atom. The van der Waals surface area contributed by atoms with Gasteiger partial charge in [0, 0.05) is 4.47 Å². The van der Waals surface area contributed by atoms with E-state index in [1.54, 1.807) is 12.1 Å². The smallest absolute Gasteiger partial charge is 0.339 e. The van der Waals surface area contributed by atoms with E-state index >= 15 is 0 Å². The van der Waals surface area contributed by atoms with E-state index in [-0.39, 0.29) is 5.56 Å². The van der Waals surface area contributed by atoms with Crippen molar-refractivity contribution in [2.75, 3.05) is 7.11 Å². The van der Waals surface area contributed by atoms with Gasteiger partial charge in [-0.25, -0.2) is 4.79 Å². The number of rotatable bonds is 2. The second-order valence-corrected chi connectivity index (χ2v) is 3.07. The molecule has 0 radical (unpaired) electrons. The molecule has 0 bridgehead atoms. The van der Waals surface area contributed by atoms with E-state index < -0.39 is 5.97 Å². The maximum Gasteiger partial charge on any atom is 0.339 e. The molecular weight excluding hydrogens is 226 g/mol. The molecule has 0 aromatic heterocycles. The molecule has 1 aromatic rings. The molecule has 0 aliphatic heterocycles. The van der Waals surface area contributed by atoms with Crippen LogP contribution in [-0.4, -0.2) is 18.2 Å². The number of carboxylic acids is 1. The van der Waals surface area contributed by atoms with E-state index in [0.717, 1.165) is 4.47 Å². The maximum atomic E-state index is 10.6. The van der Waals surface area contributed by atoms with E-state index in [9.17, 15) is 4.79 Å². The first-order valence-electron chi connectivity index (χ1n) is 3.22. The second-order valence-electron chi connectivity index (χ2n) is 2.15. The third-order valence-corrected chi connectivity index (χ3v) is 1.89. The van der Waals surface area contributed by atoms with Gasteiger partial charge in [-0.1, -0.05) is 15.9 Å². The summed E-state index contributed by atoms with van der Waals surface area (Å²) in [6.07, 6.45) is 0. The van der Waals surface area contributed by atoms with Gasteiger partial charge >= 0.3 is 5.97 Å². The average molecular weight is 233 g/mol. The van der Waals surface area contributed by atoms with Gasteiger partial charge in [-0.2, -0.15) is 0 Å². The minimum absolute atomic E-state index is 0.159. The van der Waals surface area contributed by atoms with Gasteiger partial charge in [-0.15, -0.1) is 0 Å². The number of hydrogen-bond acceptors (Lipinski definition) is 2. The SMILES string of the molecule is COc1ccc(Br)cc1[14C](=O)O. The number of carboxylic acid groups (broad SMARTS) is 1. The topological polar surface area (TPSA) is 46.5 Å². The Morgan fingerprint density at radius 3 is 2.75 bits per heavy atom. The highest BCUT2D eigenvalue weighted by molar-refractivity contribution is 9.10. The summed E-state index contributed by atoms with van der Waals surface area (Å²) in [6, 6.07) is 4.83. The van der Waals surface area contributed by atoms with Crippen LogP contribution in [0.1, 0.15) is 10.4 Å². The molecule has 1 rings (SSSR count). The zero-order valence-corrected chi connectivity index (χ0v) is 7.96. The van der Waals surface area contributed by atoms with Crippen LogP contribution in [0.5, 0.6) is 5.75 Å². The molecule has 4 heteroatoms. The zero-order chi connectivity index (χ0) is 9.14. The highest BCUT2D eigenvalue weighted by atomic mass is 79.9. The number of benzene rings is 1. The van der Waals surface area contributed by atoms with Crippen molar-refractivity contribution in [2.45, 2.75) is 0 Å². The minimum atomic E-state index is -0.992. The summed E-state index contributed by atoms with van der Waals surface area (Å²) in [5, 5.41) is 8.72. The van der Waals surface area contributed by atoms with Crippen LogP contribution >= 0.6 is 15.9 Å². The van der Waals surface area contributed by atoms with Gasteiger partial charge in [-0.3, -0.25) is 0 Å². The predicted octanol–water partition coefficient (Wildman–Crippen LogP) is 2.16. The lowest BCUT2D eigenvalue weighted by molar-refractivity contribution is 0.0693. The normalized spacial score (nSPS) is 9.50. The molecular formula is C8H7BrO3. The Hall–Kier alpha value is -1.03. The van der Waals surface area contributed by atoms with Crippen molar-refractivity contribution in [1.29, 1.82) is 0 Å². The summed E-state index contributed by atoms with van der Waals surface area (Å²) in [5.74, 6) is -0.626. The standard InChI is InChI=1S/C8H7BrO3/c1-12-7-3-2-5(9)4-6(7)8(10)11/h2-4H,1H3,(H,10,11)/i8+2. The van der Waals surface area contributed by atoms with Crippen molar-refractivity contribution in [3.8, 4) is 5.75 Å². The summed E-state index contributed by atoms with van der Waals surface area (Å²) in [7, 11) is 1.44. The number of halogens is 1. The quantitative estimate of drug-likeness (QED) is 0.851. The Bertz CT molecular complexity index is 309. The van der Waals surface area contributed by atoms with Crippen molar-refractivity contribution >= 4 is 21.9 Å². The first-order chi connectivity index (χ1) is 5.65. The lowest BCUT2D eigenvalue weighted by Gasteiger charge is -2.03. The van der Waals surface area contributed by atoms with Crippen molar-refractivity contribution in [2.24, 2.45) is 0 Å². The fourth-order valence-electron chi connectivity index (χ4n) is 0.847. The molecule has 0 unspecified atom stereocenters. The molecule has 1 aromatic carbocycles. The van der Waals surface area contributed by atoms with E-state index in [4.69, 9.17) is 9.84 Å². The van der Waals surface area contributed by atoms with Crippen molar-refractivity contribution in [1.82, 2.24) is 0 Å². The summed E-state index contributed by atoms with van der Waals surface area (Å²) < 4.78 is 5.58. The third kappa shape index (κ3) is 1.76. The zero-order valence-electron chi connectivity index (χ0n) is 6.37. The molecule has 0 spiro atoms. The first-order valence-corrected chi connectivity index (χ1v) is 4.01. The Kier molecular flexibility index (Phi) is 2.70. The number of aromatic carboxylic acids is 1. The molecule has 64 valence electrons. The molecule has 3 nitrogen and oxygen atoms in total. The van der Waals surface area contributed by atoms with Crippen LogP contribution in [0.25, 0.3) is 0 Å². The molecule has 0 aliphatic carbocycles. The highest BCUT2D eigenvalue weighted by Gasteiger charge is 2.09. The fourth-order valence-corrected chi connectivity index (χ4v) is 1.21. The van der Waals surface area contributed by atoms with Gasteiger partial charge in [0.1, 0.15) is 11.3 Å². The van der Waals surface area contributed by atoms with Crippen LogP contribution in [0.3, 0.4) is 0 Å². The predicted molar refractivity (Wildman–Crippen MR) is 47.7 cm³/mol. The molecule has 0 heterocycles. The summed E-state index contributed by atoms with van der Waals surface area (Å²) in [4.78, 5) is 10.6. The van der Waals surface area contributed by atoms with Crippen LogP contribution in [0.15, 0.2) is 22.7 Å². The van der Waals surface area contributed by atoms with Gasteiger partial charge in [0.15, 0.2) is 0 Å². The van der Waals surface area contributed by atoms with Gasteiger partial charge in [-0.05, 0) is 18.2 Å². The van der Waals surface area contributed by atoms with Gasteiger partial charge in [0.05, 0.1) is 7.11 Å². The largest absolute Gasteiger partial charge is 0.496 e. The molecule has 0 saturated carbocycles. The Labute approximate surface area is 78.1 Å². The number of methoxy groups -OCH3 is 1. The molecule has 0 atom stereocenters. The third-order valence-electron chi connectivity index (χ3n) is 1.39. The maximum absolute atomic E-state index is 10.6. The number of hydrogen-bond donors (Lipinski definition) is 1. The van der Waals surface area contributed by atoms with E-state index in [0.29, 0.717) is 5.75 Å². The number of ether oxygens (including phenoxy) is 1.